The van der Waals surface area contributed by atoms with Crippen molar-refractivity contribution >= 4 is 17.3 Å². The van der Waals surface area contributed by atoms with Gasteiger partial charge in [0.25, 0.3) is 0 Å². The van der Waals surface area contributed by atoms with Gasteiger partial charge in [0.15, 0.2) is 0 Å². The molecule has 1 aliphatic carbocycles. The monoisotopic (exact) mass is 282 g/mol. The number of aromatic nitrogens is 1. The van der Waals surface area contributed by atoms with Crippen LogP contribution in [0.2, 0.25) is 0 Å². The number of hydrogen-bond acceptors (Lipinski definition) is 4. The summed E-state index contributed by atoms with van der Waals surface area (Å²) in [5, 5.41) is 11.6. The molecule has 1 aromatic heterocycles. The summed E-state index contributed by atoms with van der Waals surface area (Å²) in [7, 11) is 0. The molecule has 0 aliphatic heterocycles. The van der Waals surface area contributed by atoms with E-state index in [0.717, 1.165) is 29.5 Å². The predicted octanol–water partition coefficient (Wildman–Crippen LogP) is 2.91. The molecule has 4 nitrogen and oxygen atoms in total. The van der Waals surface area contributed by atoms with Crippen molar-refractivity contribution < 1.29 is 9.90 Å². The molecule has 1 saturated carbocycles. The molecule has 1 heterocycles. The van der Waals surface area contributed by atoms with Crippen LogP contribution < -0.4 is 5.73 Å². The first-order valence-corrected chi connectivity index (χ1v) is 7.87. The highest BCUT2D eigenvalue weighted by Gasteiger charge is 2.35. The number of carbonyl (C=O) groups is 1. The normalized spacial score (nSPS) is 27.4. The van der Waals surface area contributed by atoms with E-state index in [1.54, 1.807) is 11.3 Å². The van der Waals surface area contributed by atoms with Gasteiger partial charge in [-0.25, -0.2) is 4.98 Å². The van der Waals surface area contributed by atoms with E-state index in [9.17, 15) is 4.79 Å². The lowest BCUT2D eigenvalue weighted by molar-refractivity contribution is -0.136. The molecule has 3 N–H and O–H groups in total. The Kier molecular flexibility index (Phi) is 4.58. The van der Waals surface area contributed by atoms with Crippen LogP contribution in [-0.4, -0.2) is 16.1 Å². The maximum atomic E-state index is 10.6. The Morgan fingerprint density at radius 1 is 1.58 bits per heavy atom. The topological polar surface area (TPSA) is 76.2 Å². The minimum absolute atomic E-state index is 0.138. The lowest BCUT2D eigenvalue weighted by Crippen LogP contribution is -2.40. The molecule has 5 heteroatoms. The molecule has 1 aromatic rings. The molecule has 0 amide bonds. The van der Waals surface area contributed by atoms with Crippen molar-refractivity contribution in [3.8, 4) is 0 Å². The molecule has 19 heavy (non-hydrogen) atoms. The summed E-state index contributed by atoms with van der Waals surface area (Å²) in [6.45, 7) is 2.24. The zero-order valence-electron chi connectivity index (χ0n) is 11.4. The maximum absolute atomic E-state index is 10.6. The summed E-state index contributed by atoms with van der Waals surface area (Å²) in [4.78, 5) is 15.1. The number of nitrogens with zero attached hydrogens (tertiary/aromatic N) is 1. The largest absolute Gasteiger partial charge is 0.481 e. The summed E-state index contributed by atoms with van der Waals surface area (Å²) in [6.07, 6.45) is 6.22. The van der Waals surface area contributed by atoms with Crippen LogP contribution in [0.5, 0.6) is 0 Å². The number of rotatable bonds is 5. The second kappa shape index (κ2) is 6.01. The van der Waals surface area contributed by atoms with Gasteiger partial charge in [-0.1, -0.05) is 13.3 Å². The number of aryl methyl sites for hydroxylation is 1. The zero-order chi connectivity index (χ0) is 13.9. The SMILES string of the molecule is CCC1CCC(N)(c2nc(CCC(=O)O)cs2)CC1. The van der Waals surface area contributed by atoms with Gasteiger partial charge >= 0.3 is 5.97 Å². The van der Waals surface area contributed by atoms with Crippen molar-refractivity contribution in [1.29, 1.82) is 0 Å². The lowest BCUT2D eigenvalue weighted by Gasteiger charge is -2.35. The zero-order valence-corrected chi connectivity index (χ0v) is 12.2. The summed E-state index contributed by atoms with van der Waals surface area (Å²) < 4.78 is 0. The Labute approximate surface area is 118 Å². The van der Waals surface area contributed by atoms with Gasteiger partial charge in [0.05, 0.1) is 17.7 Å². The van der Waals surface area contributed by atoms with Gasteiger partial charge in [0, 0.05) is 11.8 Å². The Hall–Kier alpha value is -0.940. The molecule has 2 rings (SSSR count). The van der Waals surface area contributed by atoms with Gasteiger partial charge in [-0.2, -0.15) is 0 Å². The maximum Gasteiger partial charge on any atom is 0.303 e. The molecular formula is C14H22N2O2S. The van der Waals surface area contributed by atoms with E-state index in [1.807, 2.05) is 5.38 Å². The average Bonchev–Trinajstić information content (AvgIpc) is 2.87. The minimum Gasteiger partial charge on any atom is -0.481 e. The van der Waals surface area contributed by atoms with Crippen molar-refractivity contribution in [3.05, 3.63) is 16.1 Å². The first-order valence-electron chi connectivity index (χ1n) is 6.99. The molecule has 0 atom stereocenters. The van der Waals surface area contributed by atoms with Gasteiger partial charge in [-0.3, -0.25) is 4.79 Å². The van der Waals surface area contributed by atoms with Gasteiger partial charge in [-0.05, 0) is 31.6 Å². The molecule has 1 fully saturated rings. The molecule has 1 aliphatic rings. The standard InChI is InChI=1S/C14H22N2O2S/c1-2-10-5-7-14(15,8-6-10)13-16-11(9-19-13)3-4-12(17)18/h9-10H,2-8,15H2,1H3,(H,17,18). The number of carboxylic acid groups (broad SMARTS) is 1. The molecule has 0 spiro atoms. The fourth-order valence-electron chi connectivity index (χ4n) is 2.70. The van der Waals surface area contributed by atoms with Crippen molar-refractivity contribution in [2.75, 3.05) is 0 Å². The van der Waals surface area contributed by atoms with Crippen molar-refractivity contribution in [3.63, 3.8) is 0 Å². The summed E-state index contributed by atoms with van der Waals surface area (Å²) in [5.41, 5.74) is 7.08. The van der Waals surface area contributed by atoms with Crippen LogP contribution in [0, 0.1) is 5.92 Å². The Morgan fingerprint density at radius 3 is 2.84 bits per heavy atom. The Balaban J connectivity index is 1.99. The number of carboxylic acids is 1. The van der Waals surface area contributed by atoms with Crippen LogP contribution in [0.4, 0.5) is 0 Å². The fourth-order valence-corrected chi connectivity index (χ4v) is 3.73. The van der Waals surface area contributed by atoms with E-state index in [-0.39, 0.29) is 12.0 Å². The highest BCUT2D eigenvalue weighted by molar-refractivity contribution is 7.09. The summed E-state index contributed by atoms with van der Waals surface area (Å²) in [5.74, 6) is 0.0311. The van der Waals surface area contributed by atoms with E-state index in [0.29, 0.717) is 6.42 Å². The van der Waals surface area contributed by atoms with E-state index in [1.165, 1.54) is 19.3 Å². The summed E-state index contributed by atoms with van der Waals surface area (Å²) in [6, 6.07) is 0. The second-order valence-corrected chi connectivity index (χ2v) is 6.40. The van der Waals surface area contributed by atoms with Crippen LogP contribution in [-0.2, 0) is 16.8 Å². The molecule has 106 valence electrons. The molecule has 0 saturated heterocycles. The molecule has 0 bridgehead atoms. The van der Waals surface area contributed by atoms with Crippen molar-refractivity contribution in [2.24, 2.45) is 11.7 Å². The second-order valence-electron chi connectivity index (χ2n) is 5.55. The molecule has 0 radical (unpaired) electrons. The number of nitrogens with two attached hydrogens (primary N) is 1. The number of hydrogen-bond donors (Lipinski definition) is 2. The van der Waals surface area contributed by atoms with Crippen LogP contribution in [0.3, 0.4) is 0 Å². The Bertz CT molecular complexity index is 436. The van der Waals surface area contributed by atoms with Gasteiger partial charge < -0.3 is 10.8 Å². The van der Waals surface area contributed by atoms with Crippen molar-refractivity contribution in [1.82, 2.24) is 4.98 Å². The van der Waals surface area contributed by atoms with Crippen LogP contribution >= 0.6 is 11.3 Å². The number of aliphatic carboxylic acids is 1. The highest BCUT2D eigenvalue weighted by atomic mass is 32.1. The number of thiazole rings is 1. The first-order chi connectivity index (χ1) is 9.03. The van der Waals surface area contributed by atoms with E-state index in [4.69, 9.17) is 10.8 Å². The lowest BCUT2D eigenvalue weighted by atomic mass is 9.76. The van der Waals surface area contributed by atoms with Crippen molar-refractivity contribution in [2.45, 2.75) is 57.4 Å². The van der Waals surface area contributed by atoms with Gasteiger partial charge in [-0.15, -0.1) is 11.3 Å². The van der Waals surface area contributed by atoms with Crippen LogP contribution in [0.15, 0.2) is 5.38 Å². The van der Waals surface area contributed by atoms with E-state index >= 15 is 0 Å². The summed E-state index contributed by atoms with van der Waals surface area (Å²) >= 11 is 1.59. The first kappa shape index (κ1) is 14.5. The van der Waals surface area contributed by atoms with E-state index < -0.39 is 5.97 Å². The van der Waals surface area contributed by atoms with Gasteiger partial charge in [0.2, 0.25) is 0 Å². The Morgan fingerprint density at radius 2 is 2.26 bits per heavy atom. The average molecular weight is 282 g/mol. The molecule has 0 aromatic carbocycles. The third kappa shape index (κ3) is 3.54. The quantitative estimate of drug-likeness (QED) is 0.870. The third-order valence-electron chi connectivity index (χ3n) is 4.15. The molecule has 0 unspecified atom stereocenters. The predicted molar refractivity (Wildman–Crippen MR) is 76.2 cm³/mol. The van der Waals surface area contributed by atoms with E-state index in [2.05, 4.69) is 11.9 Å². The minimum atomic E-state index is -0.777. The highest BCUT2D eigenvalue weighted by Crippen LogP contribution is 2.39. The fraction of sp³-hybridized carbons (Fsp3) is 0.714. The van der Waals surface area contributed by atoms with Gasteiger partial charge in [0.1, 0.15) is 5.01 Å². The van der Waals surface area contributed by atoms with Crippen LogP contribution in [0.1, 0.15) is 56.2 Å². The smallest absolute Gasteiger partial charge is 0.303 e. The molecular weight excluding hydrogens is 260 g/mol. The third-order valence-corrected chi connectivity index (χ3v) is 5.26. The van der Waals surface area contributed by atoms with Crippen LogP contribution in [0.25, 0.3) is 0 Å².